The van der Waals surface area contributed by atoms with Gasteiger partial charge in [0.1, 0.15) is 11.5 Å². The van der Waals surface area contributed by atoms with E-state index in [4.69, 9.17) is 5.73 Å². The molecule has 0 aliphatic carbocycles. The normalized spacial score (nSPS) is 12.1. The van der Waals surface area contributed by atoms with Gasteiger partial charge in [-0.2, -0.15) is 31.4 Å². The quantitative estimate of drug-likeness (QED) is 0.312. The fourth-order valence-electron chi connectivity index (χ4n) is 3.94. The van der Waals surface area contributed by atoms with Crippen molar-refractivity contribution in [3.05, 3.63) is 88.1 Å². The highest BCUT2D eigenvalue weighted by Crippen LogP contribution is 2.37. The van der Waals surface area contributed by atoms with E-state index in [-0.39, 0.29) is 28.7 Å². The number of amides is 2. The Kier molecular flexibility index (Phi) is 7.06. The summed E-state index contributed by atoms with van der Waals surface area (Å²) in [7, 11) is 0. The summed E-state index contributed by atoms with van der Waals surface area (Å²) in [4.78, 5) is 28.7. The highest BCUT2D eigenvalue weighted by atomic mass is 19.4. The second-order valence-corrected chi connectivity index (χ2v) is 8.58. The van der Waals surface area contributed by atoms with Crippen molar-refractivity contribution in [2.45, 2.75) is 32.2 Å². The van der Waals surface area contributed by atoms with Crippen molar-refractivity contribution in [3.8, 4) is 0 Å². The van der Waals surface area contributed by atoms with Gasteiger partial charge in [0, 0.05) is 5.39 Å². The number of hydrogen-bond donors (Lipinski definition) is 2. The predicted octanol–water partition coefficient (Wildman–Crippen LogP) is 5.40. The number of alkyl halides is 6. The highest BCUT2D eigenvalue weighted by molar-refractivity contribution is 6.14. The molecule has 2 aromatic heterocycles. The first-order valence-corrected chi connectivity index (χ1v) is 11.1. The number of rotatable bonds is 6. The van der Waals surface area contributed by atoms with Crippen LogP contribution in [0.5, 0.6) is 0 Å². The minimum absolute atomic E-state index is 0.0282. The number of anilines is 1. The van der Waals surface area contributed by atoms with Crippen LogP contribution in [-0.4, -0.2) is 32.8 Å². The van der Waals surface area contributed by atoms with Gasteiger partial charge in [-0.15, -0.1) is 0 Å². The van der Waals surface area contributed by atoms with E-state index in [1.807, 2.05) is 0 Å². The zero-order valence-electron chi connectivity index (χ0n) is 19.9. The Bertz CT molecular complexity index is 1580. The Morgan fingerprint density at radius 1 is 1.00 bits per heavy atom. The van der Waals surface area contributed by atoms with Crippen molar-refractivity contribution in [2.24, 2.45) is 5.73 Å². The van der Waals surface area contributed by atoms with E-state index in [9.17, 15) is 40.3 Å². The molecule has 4 rings (SSSR count). The predicted molar refractivity (Wildman–Crippen MR) is 125 cm³/mol. The Morgan fingerprint density at radius 3 is 2.23 bits per heavy atom. The molecule has 39 heavy (non-hydrogen) atoms. The summed E-state index contributed by atoms with van der Waals surface area (Å²) in [6.45, 7) is 0.992. The molecular weight excluding hydrogens is 535 g/mol. The maximum atomic E-state index is 14.6. The Hall–Kier alpha value is -4.49. The molecular formula is C25H18F7N5O2. The van der Waals surface area contributed by atoms with E-state index in [2.05, 4.69) is 15.4 Å². The van der Waals surface area contributed by atoms with Crippen LogP contribution in [0.2, 0.25) is 0 Å². The summed E-state index contributed by atoms with van der Waals surface area (Å²) < 4.78 is 94.9. The van der Waals surface area contributed by atoms with Crippen LogP contribution in [0.25, 0.3) is 10.9 Å². The van der Waals surface area contributed by atoms with Gasteiger partial charge in [-0.3, -0.25) is 14.3 Å². The molecule has 2 aromatic carbocycles. The second-order valence-electron chi connectivity index (χ2n) is 8.58. The molecule has 0 saturated carbocycles. The average molecular weight is 553 g/mol. The van der Waals surface area contributed by atoms with Gasteiger partial charge in [-0.1, -0.05) is 30.3 Å². The monoisotopic (exact) mass is 553 g/mol. The number of carbonyl (C=O) groups excluding carboxylic acids is 2. The summed E-state index contributed by atoms with van der Waals surface area (Å²) in [5.74, 6) is -3.13. The molecule has 0 aliphatic heterocycles. The van der Waals surface area contributed by atoms with E-state index in [1.165, 1.54) is 43.3 Å². The van der Waals surface area contributed by atoms with Crippen LogP contribution in [-0.2, 0) is 19.1 Å². The van der Waals surface area contributed by atoms with Gasteiger partial charge >= 0.3 is 12.4 Å². The largest absolute Gasteiger partial charge is 0.437 e. The van der Waals surface area contributed by atoms with Gasteiger partial charge in [0.25, 0.3) is 11.8 Å². The van der Waals surface area contributed by atoms with Crippen molar-refractivity contribution in [2.75, 3.05) is 5.32 Å². The maximum Gasteiger partial charge on any atom is 0.437 e. The van der Waals surface area contributed by atoms with Gasteiger partial charge in [-0.25, -0.2) is 9.37 Å². The number of fused-ring (bicyclic) bond motifs is 1. The molecule has 0 aliphatic rings. The van der Waals surface area contributed by atoms with Gasteiger partial charge in [0.15, 0.2) is 5.69 Å². The van der Waals surface area contributed by atoms with Crippen molar-refractivity contribution in [3.63, 3.8) is 0 Å². The summed E-state index contributed by atoms with van der Waals surface area (Å²) >= 11 is 0. The Labute approximate surface area is 215 Å². The molecule has 14 heteroatoms. The van der Waals surface area contributed by atoms with E-state index in [0.29, 0.717) is 5.56 Å². The molecule has 0 fully saturated rings. The van der Waals surface area contributed by atoms with Crippen LogP contribution in [0.4, 0.5) is 36.4 Å². The van der Waals surface area contributed by atoms with Crippen LogP contribution in [0, 0.1) is 12.7 Å². The molecule has 0 saturated heterocycles. The van der Waals surface area contributed by atoms with Crippen molar-refractivity contribution in [1.29, 1.82) is 0 Å². The Balaban J connectivity index is 1.71. The third-order valence-corrected chi connectivity index (χ3v) is 5.75. The number of aromatic nitrogens is 3. The lowest BCUT2D eigenvalue weighted by Gasteiger charge is -2.12. The second kappa shape index (κ2) is 10.0. The minimum atomic E-state index is -5.01. The smallest absolute Gasteiger partial charge is 0.364 e. The van der Waals surface area contributed by atoms with Crippen molar-refractivity contribution in [1.82, 2.24) is 14.8 Å². The molecule has 0 atom stereocenters. The molecule has 4 aromatic rings. The topological polar surface area (TPSA) is 103 Å². The summed E-state index contributed by atoms with van der Waals surface area (Å²) in [6, 6.07) is 9.50. The lowest BCUT2D eigenvalue weighted by molar-refractivity contribution is -0.140. The van der Waals surface area contributed by atoms with Crippen molar-refractivity contribution >= 4 is 28.4 Å². The zero-order valence-corrected chi connectivity index (χ0v) is 19.9. The standard InChI is InChI=1S/C25H18F7N5O2/c1-12-20(35-23(39)15-9-18(22(33)38)34-17-4-2-3-16(26)19(15)17)21(25(30,31)32)36-37(12)11-14-7-5-13(6-8-14)10-24(27,28)29/h2-9H,10-11H2,1H3,(H2,33,38)(H,35,39). The van der Waals surface area contributed by atoms with Gasteiger partial charge in [-0.05, 0) is 36.2 Å². The van der Waals surface area contributed by atoms with Crippen LogP contribution in [0.1, 0.15) is 43.4 Å². The molecule has 2 heterocycles. The fourth-order valence-corrected chi connectivity index (χ4v) is 3.94. The molecule has 204 valence electrons. The number of hydrogen-bond acceptors (Lipinski definition) is 4. The summed E-state index contributed by atoms with van der Waals surface area (Å²) in [5, 5.41) is 5.35. The number of halogens is 7. The van der Waals surface area contributed by atoms with E-state index in [1.54, 1.807) is 0 Å². The number of primary amides is 1. The van der Waals surface area contributed by atoms with Crippen LogP contribution in [0.15, 0.2) is 48.5 Å². The molecule has 0 spiro atoms. The van der Waals surface area contributed by atoms with Crippen LogP contribution < -0.4 is 11.1 Å². The number of nitrogens with zero attached hydrogens (tertiary/aromatic N) is 3. The molecule has 2 amide bonds. The van der Waals surface area contributed by atoms with E-state index < -0.39 is 59.0 Å². The third kappa shape index (κ3) is 5.99. The first kappa shape index (κ1) is 27.5. The average Bonchev–Trinajstić information content (AvgIpc) is 3.14. The molecule has 0 radical (unpaired) electrons. The lowest BCUT2D eigenvalue weighted by Crippen LogP contribution is -2.20. The van der Waals surface area contributed by atoms with E-state index in [0.717, 1.165) is 16.8 Å². The molecule has 0 bridgehead atoms. The Morgan fingerprint density at radius 2 is 1.64 bits per heavy atom. The SMILES string of the molecule is Cc1c(NC(=O)c2cc(C(N)=O)nc3cccc(F)c23)c(C(F)(F)F)nn1Cc1ccc(CC(F)(F)F)cc1. The number of benzene rings is 2. The first-order valence-electron chi connectivity index (χ1n) is 11.1. The zero-order chi connectivity index (χ0) is 28.7. The maximum absolute atomic E-state index is 14.6. The van der Waals surface area contributed by atoms with E-state index >= 15 is 0 Å². The molecule has 3 N–H and O–H groups in total. The summed E-state index contributed by atoms with van der Waals surface area (Å²) in [5.41, 5.74) is 2.26. The number of carbonyl (C=O) groups is 2. The van der Waals surface area contributed by atoms with Gasteiger partial charge in [0.05, 0.1) is 35.4 Å². The first-order chi connectivity index (χ1) is 18.1. The molecule has 0 unspecified atom stereocenters. The lowest BCUT2D eigenvalue weighted by atomic mass is 10.1. The van der Waals surface area contributed by atoms with Crippen LogP contribution >= 0.6 is 0 Å². The fraction of sp³-hybridized carbons (Fsp3) is 0.200. The number of nitrogens with one attached hydrogen (secondary N) is 1. The minimum Gasteiger partial charge on any atom is -0.364 e. The van der Waals surface area contributed by atoms with Gasteiger partial charge < -0.3 is 11.1 Å². The third-order valence-electron chi connectivity index (χ3n) is 5.75. The highest BCUT2D eigenvalue weighted by Gasteiger charge is 2.39. The summed E-state index contributed by atoms with van der Waals surface area (Å²) in [6.07, 6.45) is -10.6. The number of nitrogens with two attached hydrogens (primary N) is 1. The van der Waals surface area contributed by atoms with Gasteiger partial charge in [0.2, 0.25) is 0 Å². The molecule has 7 nitrogen and oxygen atoms in total. The number of pyridine rings is 1. The van der Waals surface area contributed by atoms with Crippen LogP contribution in [0.3, 0.4) is 0 Å². The van der Waals surface area contributed by atoms with Crippen molar-refractivity contribution < 1.29 is 40.3 Å².